The standard InChI is InChI=1S/C27H19N3O2/c28-15-17-6-4-7-18(12-17)16-30-22-11-5-10-21(27(29)32)25(22)26-23(30)13-20(14-24(26)31)19-8-2-1-3-9-19/h1-14,31H,16H2,(H2,29,32). The topological polar surface area (TPSA) is 92.0 Å². The average Bonchev–Trinajstić information content (AvgIpc) is 3.13. The Hall–Kier alpha value is -4.56. The Morgan fingerprint density at radius 1 is 0.875 bits per heavy atom. The van der Waals surface area contributed by atoms with E-state index in [9.17, 15) is 15.2 Å². The molecule has 5 rings (SSSR count). The van der Waals surface area contributed by atoms with Gasteiger partial charge in [-0.05, 0) is 53.1 Å². The fourth-order valence-corrected chi connectivity index (χ4v) is 4.33. The molecule has 0 fully saturated rings. The number of fused-ring (bicyclic) bond motifs is 3. The SMILES string of the molecule is N#Cc1cccc(Cn2c3cc(-c4ccccc4)cc(O)c3c3c(C(N)=O)cccc32)c1. The van der Waals surface area contributed by atoms with E-state index in [1.54, 1.807) is 24.3 Å². The van der Waals surface area contributed by atoms with Crippen LogP contribution >= 0.6 is 0 Å². The third-order valence-electron chi connectivity index (χ3n) is 5.74. The third-order valence-corrected chi connectivity index (χ3v) is 5.74. The zero-order valence-electron chi connectivity index (χ0n) is 17.1. The number of phenols is 1. The minimum absolute atomic E-state index is 0.0876. The van der Waals surface area contributed by atoms with E-state index in [0.29, 0.717) is 28.4 Å². The number of aromatic nitrogens is 1. The molecule has 5 nitrogen and oxygen atoms in total. The number of phenolic OH excluding ortho intramolecular Hbond substituents is 1. The summed E-state index contributed by atoms with van der Waals surface area (Å²) in [5.74, 6) is -0.461. The maximum Gasteiger partial charge on any atom is 0.249 e. The van der Waals surface area contributed by atoms with E-state index in [-0.39, 0.29) is 5.75 Å². The van der Waals surface area contributed by atoms with Crippen molar-refractivity contribution in [3.63, 3.8) is 0 Å². The van der Waals surface area contributed by atoms with Crippen molar-refractivity contribution in [1.29, 1.82) is 5.26 Å². The van der Waals surface area contributed by atoms with Crippen LogP contribution in [0.15, 0.2) is 84.9 Å². The summed E-state index contributed by atoms with van der Waals surface area (Å²) >= 11 is 0. The van der Waals surface area contributed by atoms with Gasteiger partial charge in [0.05, 0.1) is 28.1 Å². The fourth-order valence-electron chi connectivity index (χ4n) is 4.33. The lowest BCUT2D eigenvalue weighted by Gasteiger charge is -2.10. The van der Waals surface area contributed by atoms with Crippen LogP contribution in [0.4, 0.5) is 0 Å². The molecule has 5 aromatic rings. The summed E-state index contributed by atoms with van der Waals surface area (Å²) in [6, 6.07) is 28.5. The molecule has 0 saturated heterocycles. The first-order valence-electron chi connectivity index (χ1n) is 10.2. The highest BCUT2D eigenvalue weighted by Gasteiger charge is 2.20. The number of hydrogen-bond donors (Lipinski definition) is 2. The Morgan fingerprint density at radius 2 is 1.66 bits per heavy atom. The molecule has 5 heteroatoms. The Kier molecular flexibility index (Phi) is 4.61. The minimum Gasteiger partial charge on any atom is -0.507 e. The van der Waals surface area contributed by atoms with E-state index >= 15 is 0 Å². The van der Waals surface area contributed by atoms with Crippen LogP contribution in [0.3, 0.4) is 0 Å². The first kappa shape index (κ1) is 19.4. The molecule has 0 radical (unpaired) electrons. The molecule has 0 spiro atoms. The number of nitrogens with two attached hydrogens (primary N) is 1. The van der Waals surface area contributed by atoms with Crippen molar-refractivity contribution in [3.8, 4) is 22.9 Å². The fraction of sp³-hybridized carbons (Fsp3) is 0.0370. The van der Waals surface area contributed by atoms with Crippen LogP contribution in [0, 0.1) is 11.3 Å². The van der Waals surface area contributed by atoms with Gasteiger partial charge in [0.15, 0.2) is 0 Å². The lowest BCUT2D eigenvalue weighted by molar-refractivity contribution is 0.100. The average molecular weight is 417 g/mol. The van der Waals surface area contributed by atoms with Crippen LogP contribution < -0.4 is 5.73 Å². The molecular weight excluding hydrogens is 398 g/mol. The number of carbonyl (C=O) groups excluding carboxylic acids is 1. The molecule has 0 saturated carbocycles. The quantitative estimate of drug-likeness (QED) is 0.422. The molecule has 0 atom stereocenters. The Balaban J connectivity index is 1.85. The van der Waals surface area contributed by atoms with Gasteiger partial charge in [0, 0.05) is 17.5 Å². The van der Waals surface area contributed by atoms with Crippen molar-refractivity contribution >= 4 is 27.7 Å². The van der Waals surface area contributed by atoms with Crippen molar-refractivity contribution in [2.75, 3.05) is 0 Å². The Bertz CT molecular complexity index is 1540. The monoisotopic (exact) mass is 417 g/mol. The first-order valence-corrected chi connectivity index (χ1v) is 10.2. The molecule has 0 aliphatic carbocycles. The highest BCUT2D eigenvalue weighted by atomic mass is 16.3. The van der Waals surface area contributed by atoms with Gasteiger partial charge in [0.2, 0.25) is 5.91 Å². The van der Waals surface area contributed by atoms with Crippen LogP contribution in [-0.2, 0) is 6.54 Å². The molecule has 0 aliphatic rings. The highest BCUT2D eigenvalue weighted by molar-refractivity contribution is 6.20. The van der Waals surface area contributed by atoms with Gasteiger partial charge in [-0.25, -0.2) is 0 Å². The maximum absolute atomic E-state index is 12.2. The molecule has 4 aromatic carbocycles. The number of nitrogens with zero attached hydrogens (tertiary/aromatic N) is 2. The number of rotatable bonds is 4. The van der Waals surface area contributed by atoms with E-state index < -0.39 is 5.91 Å². The molecule has 3 N–H and O–H groups in total. The number of primary amides is 1. The van der Waals surface area contributed by atoms with Gasteiger partial charge >= 0.3 is 0 Å². The second-order valence-electron chi connectivity index (χ2n) is 7.72. The highest BCUT2D eigenvalue weighted by Crippen LogP contribution is 2.40. The van der Waals surface area contributed by atoms with E-state index in [2.05, 4.69) is 10.6 Å². The smallest absolute Gasteiger partial charge is 0.249 e. The summed E-state index contributed by atoms with van der Waals surface area (Å²) in [6.45, 7) is 0.468. The van der Waals surface area contributed by atoms with Crippen LogP contribution in [0.2, 0.25) is 0 Å². The van der Waals surface area contributed by atoms with E-state index in [1.165, 1.54) is 0 Å². The third kappa shape index (κ3) is 3.15. The second-order valence-corrected chi connectivity index (χ2v) is 7.72. The van der Waals surface area contributed by atoms with Crippen LogP contribution in [0.5, 0.6) is 5.75 Å². The van der Waals surface area contributed by atoms with Crippen LogP contribution in [-0.4, -0.2) is 15.6 Å². The van der Waals surface area contributed by atoms with Crippen LogP contribution in [0.25, 0.3) is 32.9 Å². The zero-order valence-corrected chi connectivity index (χ0v) is 17.1. The van der Waals surface area contributed by atoms with Gasteiger partial charge in [-0.2, -0.15) is 5.26 Å². The number of benzene rings is 4. The first-order chi connectivity index (χ1) is 15.6. The van der Waals surface area contributed by atoms with Crippen molar-refractivity contribution in [3.05, 3.63) is 102 Å². The summed E-state index contributed by atoms with van der Waals surface area (Å²) in [5.41, 5.74) is 11.0. The van der Waals surface area contributed by atoms with Crippen molar-refractivity contribution < 1.29 is 9.90 Å². The molecule has 154 valence electrons. The summed E-state index contributed by atoms with van der Waals surface area (Å²) in [6.07, 6.45) is 0. The van der Waals surface area contributed by atoms with Crippen LogP contribution in [0.1, 0.15) is 21.5 Å². The van der Waals surface area contributed by atoms with E-state index in [4.69, 9.17) is 5.73 Å². The molecule has 1 aromatic heterocycles. The molecule has 1 heterocycles. The zero-order chi connectivity index (χ0) is 22.2. The second kappa shape index (κ2) is 7.60. The lowest BCUT2D eigenvalue weighted by Crippen LogP contribution is -2.11. The van der Waals surface area contributed by atoms with Gasteiger partial charge in [-0.15, -0.1) is 0 Å². The van der Waals surface area contributed by atoms with Gasteiger partial charge < -0.3 is 15.4 Å². The molecule has 0 bridgehead atoms. The summed E-state index contributed by atoms with van der Waals surface area (Å²) in [4.78, 5) is 12.2. The summed E-state index contributed by atoms with van der Waals surface area (Å²) < 4.78 is 2.06. The lowest BCUT2D eigenvalue weighted by atomic mass is 10.0. The van der Waals surface area contributed by atoms with E-state index in [1.807, 2.05) is 60.7 Å². The number of amides is 1. The predicted octanol–water partition coefficient (Wildman–Crippen LogP) is 5.19. The molecule has 0 unspecified atom stereocenters. The molecule has 0 aliphatic heterocycles. The van der Waals surface area contributed by atoms with E-state index in [0.717, 1.165) is 27.7 Å². The number of carbonyl (C=O) groups is 1. The summed E-state index contributed by atoms with van der Waals surface area (Å²) in [5, 5.41) is 21.6. The predicted molar refractivity (Wildman–Crippen MR) is 125 cm³/mol. The van der Waals surface area contributed by atoms with Crippen molar-refractivity contribution in [2.24, 2.45) is 5.73 Å². The molecule has 32 heavy (non-hydrogen) atoms. The van der Waals surface area contributed by atoms with Gasteiger partial charge in [0.25, 0.3) is 0 Å². The Labute approximate surface area is 184 Å². The normalized spacial score (nSPS) is 11.0. The number of nitriles is 1. The molecular formula is C27H19N3O2. The van der Waals surface area contributed by atoms with Gasteiger partial charge in [-0.1, -0.05) is 48.5 Å². The minimum atomic E-state index is -0.548. The van der Waals surface area contributed by atoms with Gasteiger partial charge in [0.1, 0.15) is 5.75 Å². The van der Waals surface area contributed by atoms with Crippen molar-refractivity contribution in [2.45, 2.75) is 6.54 Å². The maximum atomic E-state index is 12.2. The Morgan fingerprint density at radius 3 is 2.41 bits per heavy atom. The largest absolute Gasteiger partial charge is 0.507 e. The number of aromatic hydroxyl groups is 1. The van der Waals surface area contributed by atoms with Gasteiger partial charge in [-0.3, -0.25) is 4.79 Å². The number of hydrogen-bond acceptors (Lipinski definition) is 3. The molecule has 1 amide bonds. The summed E-state index contributed by atoms with van der Waals surface area (Å²) in [7, 11) is 0. The van der Waals surface area contributed by atoms with Crippen molar-refractivity contribution in [1.82, 2.24) is 4.57 Å².